The van der Waals surface area contributed by atoms with Gasteiger partial charge in [-0.3, -0.25) is 4.79 Å². The molecule has 1 unspecified atom stereocenters. The highest BCUT2D eigenvalue weighted by Gasteiger charge is 2.40. The summed E-state index contributed by atoms with van der Waals surface area (Å²) in [4.78, 5) is 24.7. The van der Waals surface area contributed by atoms with E-state index in [4.69, 9.17) is 0 Å². The summed E-state index contributed by atoms with van der Waals surface area (Å²) in [6, 6.07) is 11.3. The smallest absolute Gasteiger partial charge is 0.338 e. The largest absolute Gasteiger partial charge is 0.508 e. The van der Waals surface area contributed by atoms with E-state index in [9.17, 15) is 24.9 Å². The van der Waals surface area contributed by atoms with Gasteiger partial charge in [-0.25, -0.2) is 4.79 Å². The van der Waals surface area contributed by atoms with E-state index in [1.165, 1.54) is 12.1 Å². The lowest BCUT2D eigenvalue weighted by atomic mass is 9.74. The lowest BCUT2D eigenvalue weighted by molar-refractivity contribution is -0.141. The van der Waals surface area contributed by atoms with Gasteiger partial charge < -0.3 is 19.9 Å². The van der Waals surface area contributed by atoms with Crippen molar-refractivity contribution in [3.63, 3.8) is 0 Å². The van der Waals surface area contributed by atoms with Gasteiger partial charge in [0.1, 0.15) is 11.2 Å². The third kappa shape index (κ3) is 3.24. The number of aromatic hydroxyl groups is 1. The van der Waals surface area contributed by atoms with E-state index in [1.54, 1.807) is 38.1 Å². The van der Waals surface area contributed by atoms with Gasteiger partial charge >= 0.3 is 11.9 Å². The molecule has 0 radical (unpaired) electrons. The normalized spacial score (nSPS) is 13.6. The molecule has 3 aromatic rings. The second kappa shape index (κ2) is 7.28. The molecule has 0 aliphatic heterocycles. The molecule has 0 bridgehead atoms. The van der Waals surface area contributed by atoms with Crippen LogP contribution >= 0.6 is 0 Å². The summed E-state index contributed by atoms with van der Waals surface area (Å²) >= 11 is 0. The molecule has 29 heavy (non-hydrogen) atoms. The minimum atomic E-state index is -1.54. The molecule has 0 aliphatic rings. The standard InChI is InChI=1S/C23H25NO5/c1-13(2)12-24-14(3)19(21(26)27)20-17(9-6-10-18(20)24)23(4,22(28)29)15-7-5-8-16(25)11-15/h5-11,13,25H,12H2,1-4H3,(H,26,27)(H,28,29). The molecule has 2 aromatic carbocycles. The molecule has 0 spiro atoms. The zero-order valence-electron chi connectivity index (χ0n) is 16.9. The van der Waals surface area contributed by atoms with Crippen molar-refractivity contribution in [2.45, 2.75) is 39.7 Å². The third-order valence-corrected chi connectivity index (χ3v) is 5.50. The summed E-state index contributed by atoms with van der Waals surface area (Å²) < 4.78 is 1.94. The fourth-order valence-corrected chi connectivity index (χ4v) is 4.01. The summed E-state index contributed by atoms with van der Waals surface area (Å²) in [6.45, 7) is 8.00. The summed E-state index contributed by atoms with van der Waals surface area (Å²) in [5, 5.41) is 30.5. The number of phenolic OH excluding ortho intramolecular Hbond substituents is 1. The van der Waals surface area contributed by atoms with E-state index in [0.717, 1.165) is 0 Å². The predicted molar refractivity (Wildman–Crippen MR) is 111 cm³/mol. The van der Waals surface area contributed by atoms with Gasteiger partial charge in [-0.15, -0.1) is 0 Å². The van der Waals surface area contributed by atoms with Gasteiger partial charge in [0.2, 0.25) is 0 Å². The number of carboxylic acids is 2. The van der Waals surface area contributed by atoms with Gasteiger partial charge in [-0.1, -0.05) is 38.1 Å². The topological polar surface area (TPSA) is 99.8 Å². The van der Waals surface area contributed by atoms with Crippen molar-refractivity contribution in [2.75, 3.05) is 0 Å². The van der Waals surface area contributed by atoms with E-state index in [1.807, 2.05) is 24.5 Å². The minimum absolute atomic E-state index is 0.0471. The van der Waals surface area contributed by atoms with Gasteiger partial charge in [-0.05, 0) is 49.1 Å². The quantitative estimate of drug-likeness (QED) is 0.574. The van der Waals surface area contributed by atoms with E-state index in [0.29, 0.717) is 34.3 Å². The van der Waals surface area contributed by atoms with E-state index in [2.05, 4.69) is 0 Å². The van der Waals surface area contributed by atoms with Gasteiger partial charge in [0.15, 0.2) is 0 Å². The zero-order chi connectivity index (χ0) is 21.5. The van der Waals surface area contributed by atoms with Crippen molar-refractivity contribution in [3.05, 3.63) is 64.8 Å². The molecule has 0 amide bonds. The average molecular weight is 395 g/mol. The Morgan fingerprint density at radius 3 is 2.31 bits per heavy atom. The Morgan fingerprint density at radius 1 is 1.10 bits per heavy atom. The molecule has 0 saturated heterocycles. The molecule has 3 N–H and O–H groups in total. The number of aromatic carboxylic acids is 1. The molecule has 3 rings (SSSR count). The Balaban J connectivity index is 2.45. The Labute approximate surface area is 169 Å². The maximum atomic E-state index is 12.5. The van der Waals surface area contributed by atoms with Crippen LogP contribution in [-0.2, 0) is 16.8 Å². The lowest BCUT2D eigenvalue weighted by Gasteiger charge is -2.27. The number of fused-ring (bicyclic) bond motifs is 1. The highest BCUT2D eigenvalue weighted by Crippen LogP contribution is 2.41. The van der Waals surface area contributed by atoms with Crippen LogP contribution in [0, 0.1) is 12.8 Å². The van der Waals surface area contributed by atoms with E-state index >= 15 is 0 Å². The monoisotopic (exact) mass is 395 g/mol. The predicted octanol–water partition coefficient (Wildman–Crippen LogP) is 4.40. The maximum absolute atomic E-state index is 12.5. The van der Waals surface area contributed by atoms with Crippen molar-refractivity contribution >= 4 is 22.8 Å². The van der Waals surface area contributed by atoms with Crippen LogP contribution in [0.15, 0.2) is 42.5 Å². The van der Waals surface area contributed by atoms with Crippen LogP contribution in [0.5, 0.6) is 5.75 Å². The average Bonchev–Trinajstić information content (AvgIpc) is 2.92. The van der Waals surface area contributed by atoms with Gasteiger partial charge in [0.05, 0.1) is 5.56 Å². The number of nitrogens with zero attached hydrogens (tertiary/aromatic N) is 1. The van der Waals surface area contributed by atoms with Crippen LogP contribution in [0.1, 0.15) is 48.0 Å². The molecule has 1 atom stereocenters. The Bertz CT molecular complexity index is 1110. The highest BCUT2D eigenvalue weighted by atomic mass is 16.4. The van der Waals surface area contributed by atoms with Crippen molar-refractivity contribution in [1.29, 1.82) is 0 Å². The number of carboxylic acid groups (broad SMARTS) is 2. The van der Waals surface area contributed by atoms with Crippen LogP contribution in [0.3, 0.4) is 0 Å². The Hall–Kier alpha value is -3.28. The summed E-state index contributed by atoms with van der Waals surface area (Å²) in [6.07, 6.45) is 0. The minimum Gasteiger partial charge on any atom is -0.508 e. The number of benzene rings is 2. The number of carbonyl (C=O) groups is 2. The second-order valence-electron chi connectivity index (χ2n) is 7.95. The zero-order valence-corrected chi connectivity index (χ0v) is 16.9. The number of phenols is 1. The molecule has 0 saturated carbocycles. The van der Waals surface area contributed by atoms with Crippen LogP contribution in [0.25, 0.3) is 10.9 Å². The maximum Gasteiger partial charge on any atom is 0.338 e. The number of aromatic nitrogens is 1. The first-order chi connectivity index (χ1) is 13.6. The second-order valence-corrected chi connectivity index (χ2v) is 7.95. The van der Waals surface area contributed by atoms with Gasteiger partial charge in [0, 0.05) is 23.1 Å². The van der Waals surface area contributed by atoms with Crippen LogP contribution < -0.4 is 0 Å². The molecular formula is C23H25NO5. The SMILES string of the molecule is Cc1c(C(=O)O)c2c(C(C)(C(=O)O)c3cccc(O)c3)cccc2n1CC(C)C. The van der Waals surface area contributed by atoms with Crippen LogP contribution in [-0.4, -0.2) is 31.8 Å². The number of rotatable bonds is 6. The molecule has 0 fully saturated rings. The summed E-state index contributed by atoms with van der Waals surface area (Å²) in [7, 11) is 0. The van der Waals surface area contributed by atoms with Crippen molar-refractivity contribution in [1.82, 2.24) is 4.57 Å². The number of hydrogen-bond donors (Lipinski definition) is 3. The van der Waals surface area contributed by atoms with Crippen molar-refractivity contribution < 1.29 is 24.9 Å². The van der Waals surface area contributed by atoms with E-state index < -0.39 is 17.4 Å². The fraction of sp³-hybridized carbons (Fsp3) is 0.304. The molecular weight excluding hydrogens is 370 g/mol. The first kappa shape index (κ1) is 20.5. The van der Waals surface area contributed by atoms with Crippen LogP contribution in [0.2, 0.25) is 0 Å². The molecule has 6 heteroatoms. The molecule has 1 heterocycles. The Morgan fingerprint density at radius 2 is 1.76 bits per heavy atom. The molecule has 1 aromatic heterocycles. The molecule has 6 nitrogen and oxygen atoms in total. The first-order valence-electron chi connectivity index (χ1n) is 9.47. The fourth-order valence-electron chi connectivity index (χ4n) is 4.01. The summed E-state index contributed by atoms with van der Waals surface area (Å²) in [5.41, 5.74) is 0.623. The van der Waals surface area contributed by atoms with Crippen molar-refractivity contribution in [2.24, 2.45) is 5.92 Å². The van der Waals surface area contributed by atoms with Crippen LogP contribution in [0.4, 0.5) is 0 Å². The molecule has 0 aliphatic carbocycles. The Kier molecular flexibility index (Phi) is 5.13. The highest BCUT2D eigenvalue weighted by molar-refractivity contribution is 6.08. The van der Waals surface area contributed by atoms with Gasteiger partial charge in [0.25, 0.3) is 0 Å². The first-order valence-corrected chi connectivity index (χ1v) is 9.47. The summed E-state index contributed by atoms with van der Waals surface area (Å²) in [5.74, 6) is -1.98. The van der Waals surface area contributed by atoms with Gasteiger partial charge in [-0.2, -0.15) is 0 Å². The lowest BCUT2D eigenvalue weighted by Crippen LogP contribution is -2.34. The number of hydrogen-bond acceptors (Lipinski definition) is 3. The number of aliphatic carboxylic acids is 1. The molecule has 152 valence electrons. The van der Waals surface area contributed by atoms with E-state index in [-0.39, 0.29) is 17.2 Å². The third-order valence-electron chi connectivity index (χ3n) is 5.50. The van der Waals surface area contributed by atoms with Crippen molar-refractivity contribution in [3.8, 4) is 5.75 Å².